The van der Waals surface area contributed by atoms with E-state index in [4.69, 9.17) is 0 Å². The molecule has 0 spiro atoms. The molecule has 2 aliphatic rings. The Morgan fingerprint density at radius 2 is 1.29 bits per heavy atom. The number of hydrogen-bond acceptors (Lipinski definition) is 0. The first-order valence-electron chi connectivity index (χ1n) is 10.8. The van der Waals surface area contributed by atoms with Gasteiger partial charge in [-0.15, -0.1) is 0 Å². The lowest BCUT2D eigenvalue weighted by Crippen LogP contribution is -3.00. The molecular formula is C25H35BrP2. The summed E-state index contributed by atoms with van der Waals surface area (Å²) in [5, 5.41) is 3.60. The molecule has 0 N–H and O–H groups in total. The van der Waals surface area contributed by atoms with Crippen LogP contribution in [-0.4, -0.2) is 22.6 Å². The van der Waals surface area contributed by atoms with Crippen molar-refractivity contribution in [3.8, 4) is 0 Å². The van der Waals surface area contributed by atoms with Crippen LogP contribution in [0.5, 0.6) is 0 Å². The molecule has 0 nitrogen and oxygen atoms in total. The zero-order valence-corrected chi connectivity index (χ0v) is 21.2. The van der Waals surface area contributed by atoms with Gasteiger partial charge in [-0.1, -0.05) is 70.3 Å². The average Bonchev–Trinajstić information content (AvgIpc) is 3.16. The number of rotatable bonds is 4. The van der Waals surface area contributed by atoms with E-state index in [1.165, 1.54) is 31.8 Å². The van der Waals surface area contributed by atoms with E-state index in [9.17, 15) is 0 Å². The van der Waals surface area contributed by atoms with E-state index in [-0.39, 0.29) is 24.9 Å². The normalized spacial score (nSPS) is 29.6. The average molecular weight is 477 g/mol. The van der Waals surface area contributed by atoms with Gasteiger partial charge in [-0.05, 0) is 62.5 Å². The van der Waals surface area contributed by atoms with Crippen LogP contribution in [0.15, 0.2) is 54.6 Å². The molecular weight excluding hydrogens is 442 g/mol. The molecule has 0 amide bonds. The van der Waals surface area contributed by atoms with Gasteiger partial charge in [-0.2, -0.15) is 0 Å². The van der Waals surface area contributed by atoms with Gasteiger partial charge in [0.2, 0.25) is 0 Å². The first-order valence-corrected chi connectivity index (χ1v) is 14.4. The minimum absolute atomic E-state index is 0. The molecule has 0 aromatic heterocycles. The molecule has 2 fully saturated rings. The van der Waals surface area contributed by atoms with E-state index in [1.54, 1.807) is 10.9 Å². The van der Waals surface area contributed by atoms with Crippen LogP contribution in [0.1, 0.15) is 58.9 Å². The number of benzene rings is 2. The molecule has 2 saturated heterocycles. The first-order chi connectivity index (χ1) is 13.0. The van der Waals surface area contributed by atoms with Crippen LogP contribution in [-0.2, 0) is 6.16 Å². The first kappa shape index (κ1) is 22.5. The Bertz CT molecular complexity index is 755. The molecule has 2 aliphatic heterocycles. The Hall–Kier alpha value is -0.220. The molecule has 0 aliphatic carbocycles. The van der Waals surface area contributed by atoms with Crippen LogP contribution in [0.3, 0.4) is 0 Å². The van der Waals surface area contributed by atoms with Crippen LogP contribution in [0.25, 0.3) is 0 Å². The molecule has 0 bridgehead atoms. The fourth-order valence-electron chi connectivity index (χ4n) is 5.84. The van der Waals surface area contributed by atoms with E-state index in [0.29, 0.717) is 0 Å². The molecule has 4 rings (SSSR count). The van der Waals surface area contributed by atoms with Crippen molar-refractivity contribution in [1.29, 1.82) is 0 Å². The summed E-state index contributed by atoms with van der Waals surface area (Å²) in [6.45, 7) is 10.2. The van der Waals surface area contributed by atoms with E-state index in [1.807, 2.05) is 5.30 Å². The predicted octanol–water partition coefficient (Wildman–Crippen LogP) is 3.78. The minimum Gasteiger partial charge on any atom is -1.00 e. The molecule has 4 atom stereocenters. The van der Waals surface area contributed by atoms with Crippen LogP contribution >= 0.6 is 15.2 Å². The van der Waals surface area contributed by atoms with Crippen molar-refractivity contribution in [2.45, 2.75) is 82.2 Å². The van der Waals surface area contributed by atoms with E-state index >= 15 is 0 Å². The second-order valence-electron chi connectivity index (χ2n) is 9.02. The van der Waals surface area contributed by atoms with Gasteiger partial charge in [0.1, 0.15) is 5.30 Å². The third-order valence-electron chi connectivity index (χ3n) is 7.42. The van der Waals surface area contributed by atoms with Gasteiger partial charge < -0.3 is 17.0 Å². The SMILES string of the molecule is C[C@@H]1CC[C@@H](C)P1c1ccccc1[P+]1(Cc2ccccc2)[C@H](C)CC[C@H]1C.[Br-]. The highest BCUT2D eigenvalue weighted by Gasteiger charge is 2.56. The Labute approximate surface area is 184 Å². The third kappa shape index (κ3) is 3.89. The summed E-state index contributed by atoms with van der Waals surface area (Å²) in [5.41, 5.74) is 5.05. The van der Waals surface area contributed by atoms with Crippen LogP contribution in [0, 0.1) is 0 Å². The second-order valence-corrected chi connectivity index (χ2v) is 16.5. The molecule has 2 heterocycles. The maximum Gasteiger partial charge on any atom is 0.102 e. The molecule has 152 valence electrons. The monoisotopic (exact) mass is 476 g/mol. The zero-order chi connectivity index (χ0) is 19.0. The summed E-state index contributed by atoms with van der Waals surface area (Å²) in [7, 11) is -1.25. The molecule has 28 heavy (non-hydrogen) atoms. The van der Waals surface area contributed by atoms with Crippen LogP contribution < -0.4 is 27.6 Å². The van der Waals surface area contributed by atoms with Crippen molar-refractivity contribution in [3.63, 3.8) is 0 Å². The second kappa shape index (κ2) is 9.29. The molecule has 0 radical (unpaired) electrons. The van der Waals surface area contributed by atoms with Crippen molar-refractivity contribution >= 4 is 25.8 Å². The number of halogens is 1. The summed E-state index contributed by atoms with van der Waals surface area (Å²) in [6, 6.07) is 21.1. The quantitative estimate of drug-likeness (QED) is 0.589. The van der Waals surface area contributed by atoms with Crippen molar-refractivity contribution < 1.29 is 17.0 Å². The largest absolute Gasteiger partial charge is 1.00 e. The molecule has 0 unspecified atom stereocenters. The molecule has 2 aromatic carbocycles. The standard InChI is InChI=1S/C25H35P2.BrH/c1-19-14-15-20(2)26(19)24-12-8-9-13-25(24)27(21(3)16-17-22(27)4)18-23-10-6-5-7-11-23;/h5-13,19-22H,14-18H2,1-4H3;1H/q+1;/p-1/t19-,20-,21-,22-;/m1./s1. The van der Waals surface area contributed by atoms with E-state index in [2.05, 4.69) is 82.3 Å². The van der Waals surface area contributed by atoms with Crippen molar-refractivity contribution in [3.05, 3.63) is 60.2 Å². The maximum atomic E-state index is 2.58. The van der Waals surface area contributed by atoms with Gasteiger partial charge in [0.15, 0.2) is 0 Å². The number of hydrogen-bond donors (Lipinski definition) is 0. The summed E-state index contributed by atoms with van der Waals surface area (Å²) in [5.74, 6) is 0. The highest BCUT2D eigenvalue weighted by atomic mass is 79.9. The summed E-state index contributed by atoms with van der Waals surface area (Å²) >= 11 is 0. The van der Waals surface area contributed by atoms with Crippen molar-refractivity contribution in [2.75, 3.05) is 0 Å². The fraction of sp³-hybridized carbons (Fsp3) is 0.520. The van der Waals surface area contributed by atoms with E-state index < -0.39 is 7.26 Å². The Balaban J connectivity index is 0.00000225. The molecule has 0 saturated carbocycles. The Morgan fingerprint density at radius 3 is 1.89 bits per heavy atom. The highest BCUT2D eigenvalue weighted by molar-refractivity contribution is 7.85. The van der Waals surface area contributed by atoms with Gasteiger partial charge in [0, 0.05) is 5.30 Å². The highest BCUT2D eigenvalue weighted by Crippen LogP contribution is 2.74. The Kier molecular flexibility index (Phi) is 7.45. The van der Waals surface area contributed by atoms with Crippen LogP contribution in [0.4, 0.5) is 0 Å². The molecule has 3 heteroatoms. The topological polar surface area (TPSA) is 0 Å². The van der Waals surface area contributed by atoms with Gasteiger partial charge in [-0.3, -0.25) is 0 Å². The maximum absolute atomic E-state index is 2.58. The smallest absolute Gasteiger partial charge is 0.102 e. The van der Waals surface area contributed by atoms with Gasteiger partial charge in [0.25, 0.3) is 0 Å². The lowest BCUT2D eigenvalue weighted by Gasteiger charge is -2.35. The van der Waals surface area contributed by atoms with Gasteiger partial charge >= 0.3 is 0 Å². The molecule has 2 aromatic rings. The summed E-state index contributed by atoms with van der Waals surface area (Å²) in [4.78, 5) is 0. The summed E-state index contributed by atoms with van der Waals surface area (Å²) < 4.78 is 0. The lowest BCUT2D eigenvalue weighted by molar-refractivity contribution is -0.00000561. The third-order valence-corrected chi connectivity index (χ3v) is 16.8. The zero-order valence-electron chi connectivity index (χ0n) is 17.8. The Morgan fingerprint density at radius 1 is 0.750 bits per heavy atom. The lowest BCUT2D eigenvalue weighted by atomic mass is 10.2. The van der Waals surface area contributed by atoms with Crippen molar-refractivity contribution in [1.82, 2.24) is 0 Å². The fourth-order valence-corrected chi connectivity index (χ4v) is 15.5. The van der Waals surface area contributed by atoms with E-state index in [0.717, 1.165) is 22.6 Å². The van der Waals surface area contributed by atoms with Gasteiger partial charge in [-0.25, -0.2) is 0 Å². The van der Waals surface area contributed by atoms with Crippen LogP contribution in [0.2, 0.25) is 0 Å². The summed E-state index contributed by atoms with van der Waals surface area (Å²) in [6.07, 6.45) is 6.99. The van der Waals surface area contributed by atoms with Gasteiger partial charge in [0.05, 0.1) is 24.7 Å². The predicted molar refractivity (Wildman–Crippen MR) is 126 cm³/mol. The minimum atomic E-state index is -1.23. The van der Waals surface area contributed by atoms with Crippen molar-refractivity contribution in [2.24, 2.45) is 0 Å².